The summed E-state index contributed by atoms with van der Waals surface area (Å²) in [5.74, 6) is 0.287. The van der Waals surface area contributed by atoms with Gasteiger partial charge in [0, 0.05) is 29.8 Å². The molecule has 1 aliphatic carbocycles. The Kier molecular flexibility index (Phi) is 5.89. The minimum Gasteiger partial charge on any atom is -0.459 e. The maximum Gasteiger partial charge on any atom is 0.310 e. The second-order valence-electron chi connectivity index (χ2n) is 7.28. The fourth-order valence-corrected chi connectivity index (χ4v) is 3.75. The number of hydrogen-bond donors (Lipinski definition) is 0. The molecule has 0 unspecified atom stereocenters. The lowest BCUT2D eigenvalue weighted by molar-refractivity contribution is -0.158. The van der Waals surface area contributed by atoms with E-state index in [1.165, 1.54) is 0 Å². The maximum atomic E-state index is 12.6. The van der Waals surface area contributed by atoms with Crippen molar-refractivity contribution in [1.82, 2.24) is 19.7 Å². The summed E-state index contributed by atoms with van der Waals surface area (Å²) >= 11 is 0. The average molecular weight is 372 g/mol. The third kappa shape index (κ3) is 4.35. The normalized spacial score (nSPS) is 19.9. The van der Waals surface area contributed by atoms with Gasteiger partial charge in [-0.15, -0.1) is 0 Å². The Balaban J connectivity index is 1.77. The summed E-state index contributed by atoms with van der Waals surface area (Å²) < 4.78 is 12.9. The van der Waals surface area contributed by atoms with E-state index in [2.05, 4.69) is 15.1 Å². The zero-order chi connectivity index (χ0) is 19.6. The smallest absolute Gasteiger partial charge is 0.310 e. The number of nitrogens with zero attached hydrogens (tertiary/aromatic N) is 4. The van der Waals surface area contributed by atoms with Gasteiger partial charge in [-0.25, -0.2) is 14.6 Å². The highest BCUT2D eigenvalue weighted by Crippen LogP contribution is 2.24. The van der Waals surface area contributed by atoms with E-state index in [1.807, 2.05) is 33.8 Å². The summed E-state index contributed by atoms with van der Waals surface area (Å²) in [5, 5.41) is 4.55. The van der Waals surface area contributed by atoms with Crippen LogP contribution in [0.3, 0.4) is 0 Å². The number of aromatic nitrogens is 4. The highest BCUT2D eigenvalue weighted by atomic mass is 16.6. The molecule has 2 atom stereocenters. The minimum atomic E-state index is -0.240. The fraction of sp³-hybridized carbons (Fsp3) is 0.600. The lowest BCUT2D eigenvalue weighted by Crippen LogP contribution is -2.36. The standard InChI is InChI=1S/C20H28N4O3/c1-12-10-13(2)22-20(21-12)24-15(4)16(14(3)23-24)11-19(25)27-18-9-7-6-8-17(18)26-5/h10,17-18H,6-9,11H2,1-5H3/t17-,18+/m1/s1. The van der Waals surface area contributed by atoms with E-state index in [4.69, 9.17) is 9.47 Å². The van der Waals surface area contributed by atoms with E-state index >= 15 is 0 Å². The molecular formula is C20H28N4O3. The SMILES string of the molecule is CO[C@@H]1CCCC[C@@H]1OC(=O)Cc1c(C)nn(-c2nc(C)cc(C)n2)c1C. The van der Waals surface area contributed by atoms with Crippen LogP contribution in [0.5, 0.6) is 0 Å². The molecule has 1 fully saturated rings. The summed E-state index contributed by atoms with van der Waals surface area (Å²) in [4.78, 5) is 21.5. The van der Waals surface area contributed by atoms with Gasteiger partial charge in [0.25, 0.3) is 5.95 Å². The van der Waals surface area contributed by atoms with E-state index in [0.29, 0.717) is 5.95 Å². The van der Waals surface area contributed by atoms with Crippen LogP contribution in [-0.2, 0) is 20.7 Å². The van der Waals surface area contributed by atoms with Crippen LogP contribution in [0.15, 0.2) is 6.07 Å². The number of ether oxygens (including phenoxy) is 2. The van der Waals surface area contributed by atoms with Crippen LogP contribution >= 0.6 is 0 Å². The number of rotatable bonds is 5. The van der Waals surface area contributed by atoms with Gasteiger partial charge in [-0.05, 0) is 53.0 Å². The van der Waals surface area contributed by atoms with Gasteiger partial charge < -0.3 is 9.47 Å². The van der Waals surface area contributed by atoms with Crippen LogP contribution in [-0.4, -0.2) is 45.0 Å². The molecule has 1 saturated carbocycles. The van der Waals surface area contributed by atoms with Crippen molar-refractivity contribution >= 4 is 5.97 Å². The quantitative estimate of drug-likeness (QED) is 0.751. The van der Waals surface area contributed by atoms with Crippen LogP contribution in [0, 0.1) is 27.7 Å². The zero-order valence-corrected chi connectivity index (χ0v) is 16.8. The van der Waals surface area contributed by atoms with Gasteiger partial charge in [-0.3, -0.25) is 4.79 Å². The van der Waals surface area contributed by atoms with Gasteiger partial charge in [0.05, 0.1) is 18.2 Å². The van der Waals surface area contributed by atoms with Gasteiger partial charge in [0.2, 0.25) is 0 Å². The van der Waals surface area contributed by atoms with Gasteiger partial charge in [0.1, 0.15) is 6.10 Å². The third-order valence-electron chi connectivity index (χ3n) is 5.15. The number of aryl methyl sites for hydroxylation is 3. The summed E-state index contributed by atoms with van der Waals surface area (Å²) in [6, 6.07) is 1.92. The number of methoxy groups -OCH3 is 1. The molecule has 146 valence electrons. The molecule has 0 aliphatic heterocycles. The Morgan fingerprint density at radius 1 is 1.11 bits per heavy atom. The fourth-order valence-electron chi connectivity index (χ4n) is 3.75. The van der Waals surface area contributed by atoms with E-state index in [1.54, 1.807) is 11.8 Å². The first-order valence-electron chi connectivity index (χ1n) is 9.49. The Morgan fingerprint density at radius 2 is 1.74 bits per heavy atom. The van der Waals surface area contributed by atoms with Crippen molar-refractivity contribution in [2.24, 2.45) is 0 Å². The first-order chi connectivity index (χ1) is 12.9. The van der Waals surface area contributed by atoms with Crippen LogP contribution in [0.4, 0.5) is 0 Å². The largest absolute Gasteiger partial charge is 0.459 e. The zero-order valence-electron chi connectivity index (χ0n) is 16.8. The van der Waals surface area contributed by atoms with E-state index in [0.717, 1.165) is 54.0 Å². The Labute approximate surface area is 160 Å². The molecule has 0 amide bonds. The van der Waals surface area contributed by atoms with Gasteiger partial charge in [0.15, 0.2) is 0 Å². The van der Waals surface area contributed by atoms with Crippen molar-refractivity contribution in [2.45, 2.75) is 72.0 Å². The molecule has 0 aromatic carbocycles. The maximum absolute atomic E-state index is 12.6. The third-order valence-corrected chi connectivity index (χ3v) is 5.15. The second-order valence-corrected chi connectivity index (χ2v) is 7.28. The first kappa shape index (κ1) is 19.5. The number of esters is 1. The van der Waals surface area contributed by atoms with Crippen molar-refractivity contribution in [3.8, 4) is 5.95 Å². The predicted octanol–water partition coefficient (Wildman–Crippen LogP) is 2.94. The summed E-state index contributed by atoms with van der Waals surface area (Å²) in [6.07, 6.45) is 4.01. The molecule has 0 bridgehead atoms. The monoisotopic (exact) mass is 372 g/mol. The Hall–Kier alpha value is -2.28. The molecule has 7 heteroatoms. The Bertz CT molecular complexity index is 811. The molecule has 2 aromatic rings. The van der Waals surface area contributed by atoms with Crippen molar-refractivity contribution in [3.63, 3.8) is 0 Å². The predicted molar refractivity (Wildman–Crippen MR) is 101 cm³/mol. The van der Waals surface area contributed by atoms with Crippen LogP contribution < -0.4 is 0 Å². The van der Waals surface area contributed by atoms with Gasteiger partial charge in [-0.1, -0.05) is 6.42 Å². The van der Waals surface area contributed by atoms with Crippen molar-refractivity contribution in [3.05, 3.63) is 34.4 Å². The molecule has 2 heterocycles. The number of carbonyl (C=O) groups is 1. The first-order valence-corrected chi connectivity index (χ1v) is 9.49. The highest BCUT2D eigenvalue weighted by molar-refractivity contribution is 5.73. The van der Waals surface area contributed by atoms with E-state index < -0.39 is 0 Å². The van der Waals surface area contributed by atoms with Gasteiger partial charge in [-0.2, -0.15) is 5.10 Å². The molecule has 2 aromatic heterocycles. The summed E-state index contributed by atoms with van der Waals surface area (Å²) in [7, 11) is 1.68. The lowest BCUT2D eigenvalue weighted by Gasteiger charge is -2.29. The number of carbonyl (C=O) groups excluding carboxylic acids is 1. The Morgan fingerprint density at radius 3 is 2.37 bits per heavy atom. The van der Waals surface area contributed by atoms with Crippen LogP contribution in [0.1, 0.15) is 54.0 Å². The van der Waals surface area contributed by atoms with E-state index in [-0.39, 0.29) is 24.6 Å². The molecule has 0 saturated heterocycles. The van der Waals surface area contributed by atoms with Gasteiger partial charge >= 0.3 is 5.97 Å². The highest BCUT2D eigenvalue weighted by Gasteiger charge is 2.29. The molecule has 27 heavy (non-hydrogen) atoms. The molecule has 7 nitrogen and oxygen atoms in total. The van der Waals surface area contributed by atoms with Crippen LogP contribution in [0.25, 0.3) is 5.95 Å². The molecule has 0 radical (unpaired) electrons. The molecular weight excluding hydrogens is 344 g/mol. The average Bonchev–Trinajstić information content (AvgIpc) is 2.89. The van der Waals surface area contributed by atoms with Crippen LogP contribution in [0.2, 0.25) is 0 Å². The van der Waals surface area contributed by atoms with Crippen molar-refractivity contribution in [2.75, 3.05) is 7.11 Å². The van der Waals surface area contributed by atoms with Crippen molar-refractivity contribution in [1.29, 1.82) is 0 Å². The number of hydrogen-bond acceptors (Lipinski definition) is 6. The van der Waals surface area contributed by atoms with E-state index in [9.17, 15) is 4.79 Å². The van der Waals surface area contributed by atoms with Crippen molar-refractivity contribution < 1.29 is 14.3 Å². The lowest BCUT2D eigenvalue weighted by atomic mass is 9.94. The topological polar surface area (TPSA) is 79.1 Å². The molecule has 1 aliphatic rings. The molecule has 0 N–H and O–H groups in total. The molecule has 0 spiro atoms. The summed E-state index contributed by atoms with van der Waals surface area (Å²) in [6.45, 7) is 7.69. The summed E-state index contributed by atoms with van der Waals surface area (Å²) in [5.41, 5.74) is 4.29. The molecule has 3 rings (SSSR count). The second kappa shape index (κ2) is 8.17. The minimum absolute atomic E-state index is 0.00344.